The maximum Gasteiger partial charge on any atom is 0.316 e. The number of hydrogen-bond donors (Lipinski definition) is 0. The van der Waals surface area contributed by atoms with Crippen LogP contribution in [0.3, 0.4) is 0 Å². The van der Waals surface area contributed by atoms with E-state index in [1.54, 1.807) is 6.07 Å². The Labute approximate surface area is 156 Å². The number of fused-ring (bicyclic) bond motifs is 2. The van der Waals surface area contributed by atoms with E-state index in [9.17, 15) is 18.0 Å². The molecule has 0 fully saturated rings. The van der Waals surface area contributed by atoms with Crippen molar-refractivity contribution in [2.75, 3.05) is 10.8 Å². The molecule has 0 saturated carbocycles. The van der Waals surface area contributed by atoms with Gasteiger partial charge in [-0.3, -0.25) is 13.9 Å². The number of anilines is 1. The minimum absolute atomic E-state index is 0.0975. The number of nitrogens with zero attached hydrogens (tertiary/aromatic N) is 3. The fourth-order valence-electron chi connectivity index (χ4n) is 3.60. The maximum absolute atomic E-state index is 13.3. The zero-order valence-electron chi connectivity index (χ0n) is 15.0. The third-order valence-electron chi connectivity index (χ3n) is 5.12. The summed E-state index contributed by atoms with van der Waals surface area (Å²) in [5.41, 5.74) is 1.25. The van der Waals surface area contributed by atoms with Gasteiger partial charge in [0.25, 0.3) is 10.0 Å². The third-order valence-corrected chi connectivity index (χ3v) is 6.93. The van der Waals surface area contributed by atoms with Gasteiger partial charge < -0.3 is 9.13 Å². The topological polar surface area (TPSA) is 81.4 Å². The Morgan fingerprint density at radius 3 is 2.30 bits per heavy atom. The Morgan fingerprint density at radius 2 is 1.56 bits per heavy atom. The van der Waals surface area contributed by atoms with E-state index in [1.165, 1.54) is 39.7 Å². The fourth-order valence-corrected chi connectivity index (χ4v) is 5.16. The molecular formula is C19H19N3O4S. The summed E-state index contributed by atoms with van der Waals surface area (Å²) < 4.78 is 30.5. The average Bonchev–Trinajstić information content (AvgIpc) is 2.69. The van der Waals surface area contributed by atoms with Gasteiger partial charge in [0.05, 0.1) is 21.6 Å². The van der Waals surface area contributed by atoms with Gasteiger partial charge in [-0.2, -0.15) is 0 Å². The molecule has 0 bridgehead atoms. The highest BCUT2D eigenvalue weighted by Crippen LogP contribution is 2.32. The summed E-state index contributed by atoms with van der Waals surface area (Å²) in [6.07, 6.45) is 1.59. The number of aromatic nitrogens is 2. The number of hydrogen-bond acceptors (Lipinski definition) is 4. The molecule has 0 N–H and O–H groups in total. The van der Waals surface area contributed by atoms with Crippen molar-refractivity contribution in [3.63, 3.8) is 0 Å². The molecule has 0 unspecified atom stereocenters. The molecule has 7 nitrogen and oxygen atoms in total. The molecule has 1 aliphatic heterocycles. The van der Waals surface area contributed by atoms with E-state index in [1.807, 2.05) is 24.3 Å². The molecule has 0 amide bonds. The molecule has 0 spiro atoms. The predicted molar refractivity (Wildman–Crippen MR) is 104 cm³/mol. The van der Waals surface area contributed by atoms with Crippen molar-refractivity contribution >= 4 is 26.7 Å². The van der Waals surface area contributed by atoms with Crippen LogP contribution in [0.4, 0.5) is 5.69 Å². The summed E-state index contributed by atoms with van der Waals surface area (Å²) >= 11 is 0. The molecule has 0 aliphatic carbocycles. The zero-order chi connectivity index (χ0) is 19.3. The Hall–Kier alpha value is -2.87. The van der Waals surface area contributed by atoms with Gasteiger partial charge in [0, 0.05) is 20.6 Å². The summed E-state index contributed by atoms with van der Waals surface area (Å²) in [7, 11) is -0.817. The monoisotopic (exact) mass is 385 g/mol. The molecule has 0 atom stereocenters. The van der Waals surface area contributed by atoms with Gasteiger partial charge in [-0.15, -0.1) is 0 Å². The number of para-hydroxylation sites is 1. The van der Waals surface area contributed by atoms with Gasteiger partial charge in [-0.25, -0.2) is 8.42 Å². The summed E-state index contributed by atoms with van der Waals surface area (Å²) in [6, 6.07) is 12.0. The highest BCUT2D eigenvalue weighted by Gasteiger charge is 2.29. The fraction of sp³-hybridized carbons (Fsp3) is 0.263. The van der Waals surface area contributed by atoms with Crippen molar-refractivity contribution in [3.05, 3.63) is 68.7 Å². The van der Waals surface area contributed by atoms with Crippen LogP contribution < -0.4 is 15.4 Å². The Balaban J connectivity index is 1.93. The maximum atomic E-state index is 13.3. The van der Waals surface area contributed by atoms with E-state index in [-0.39, 0.29) is 4.90 Å². The van der Waals surface area contributed by atoms with Gasteiger partial charge in [0.1, 0.15) is 0 Å². The van der Waals surface area contributed by atoms with Gasteiger partial charge in [-0.1, -0.05) is 18.2 Å². The molecule has 8 heteroatoms. The van der Waals surface area contributed by atoms with Crippen molar-refractivity contribution in [1.29, 1.82) is 0 Å². The van der Waals surface area contributed by atoms with Gasteiger partial charge in [-0.05, 0) is 42.7 Å². The van der Waals surface area contributed by atoms with Crippen LogP contribution in [-0.4, -0.2) is 24.1 Å². The van der Waals surface area contributed by atoms with Crippen LogP contribution in [0, 0.1) is 0 Å². The van der Waals surface area contributed by atoms with E-state index in [2.05, 4.69) is 0 Å². The van der Waals surface area contributed by atoms with E-state index in [0.717, 1.165) is 18.4 Å². The first-order chi connectivity index (χ1) is 12.8. The van der Waals surface area contributed by atoms with Gasteiger partial charge in [0.2, 0.25) is 0 Å². The van der Waals surface area contributed by atoms with Gasteiger partial charge in [0.15, 0.2) is 0 Å². The minimum Gasteiger partial charge on any atom is -0.305 e. The van der Waals surface area contributed by atoms with Crippen molar-refractivity contribution in [2.24, 2.45) is 14.1 Å². The van der Waals surface area contributed by atoms with Crippen LogP contribution in [0.15, 0.2) is 56.9 Å². The van der Waals surface area contributed by atoms with Crippen molar-refractivity contribution in [2.45, 2.75) is 17.7 Å². The summed E-state index contributed by atoms with van der Waals surface area (Å²) in [5.74, 6) is 0. The highest BCUT2D eigenvalue weighted by atomic mass is 32.2. The second kappa shape index (κ2) is 6.09. The van der Waals surface area contributed by atoms with Crippen molar-refractivity contribution in [3.8, 4) is 0 Å². The standard InChI is InChI=1S/C19H19N3O4S/c1-20-16-10-9-14(12-17(16)21(2)19(24)18(20)23)27(25,26)22-11-5-7-13-6-3-4-8-15(13)22/h3-4,6,8-10,12H,5,7,11H2,1-2H3. The average molecular weight is 385 g/mol. The molecule has 4 rings (SSSR count). The van der Waals surface area contributed by atoms with Crippen LogP contribution in [0.5, 0.6) is 0 Å². The lowest BCUT2D eigenvalue weighted by Gasteiger charge is -2.30. The van der Waals surface area contributed by atoms with E-state index in [0.29, 0.717) is 23.3 Å². The molecule has 140 valence electrons. The number of aryl methyl sites for hydroxylation is 3. The lowest BCUT2D eigenvalue weighted by Crippen LogP contribution is -2.39. The molecule has 0 saturated heterocycles. The second-order valence-electron chi connectivity index (χ2n) is 6.69. The number of rotatable bonds is 2. The number of benzene rings is 2. The Bertz CT molecular complexity index is 1290. The molecule has 1 aromatic heterocycles. The predicted octanol–water partition coefficient (Wildman–Crippen LogP) is 1.38. The van der Waals surface area contributed by atoms with E-state index < -0.39 is 21.1 Å². The third kappa shape index (κ3) is 2.59. The smallest absolute Gasteiger partial charge is 0.305 e. The molecule has 2 aromatic carbocycles. The van der Waals surface area contributed by atoms with Crippen LogP contribution in [0.2, 0.25) is 0 Å². The summed E-state index contributed by atoms with van der Waals surface area (Å²) in [5, 5.41) is 0. The van der Waals surface area contributed by atoms with E-state index in [4.69, 9.17) is 0 Å². The lowest BCUT2D eigenvalue weighted by atomic mass is 10.0. The molecule has 1 aliphatic rings. The van der Waals surface area contributed by atoms with E-state index >= 15 is 0 Å². The SMILES string of the molecule is Cn1c(=O)c(=O)n(C)c2cc(S(=O)(=O)N3CCCc4ccccc43)ccc21. The zero-order valence-corrected chi connectivity index (χ0v) is 15.9. The highest BCUT2D eigenvalue weighted by molar-refractivity contribution is 7.92. The molecule has 27 heavy (non-hydrogen) atoms. The van der Waals surface area contributed by atoms with Crippen LogP contribution in [0.25, 0.3) is 11.0 Å². The van der Waals surface area contributed by atoms with Crippen molar-refractivity contribution < 1.29 is 8.42 Å². The Morgan fingerprint density at radius 1 is 0.889 bits per heavy atom. The Kier molecular flexibility index (Phi) is 3.96. The summed E-state index contributed by atoms with van der Waals surface area (Å²) in [4.78, 5) is 24.2. The minimum atomic E-state index is -3.79. The first-order valence-electron chi connectivity index (χ1n) is 8.63. The summed E-state index contributed by atoms with van der Waals surface area (Å²) in [6.45, 7) is 0.406. The lowest BCUT2D eigenvalue weighted by molar-refractivity contribution is 0.586. The first-order valence-corrected chi connectivity index (χ1v) is 10.1. The van der Waals surface area contributed by atoms with Gasteiger partial charge >= 0.3 is 11.1 Å². The molecular weight excluding hydrogens is 366 g/mol. The van der Waals surface area contributed by atoms with Crippen LogP contribution in [0.1, 0.15) is 12.0 Å². The largest absolute Gasteiger partial charge is 0.316 e. The van der Waals surface area contributed by atoms with Crippen LogP contribution in [-0.2, 0) is 30.5 Å². The molecule has 3 aromatic rings. The normalized spacial score (nSPS) is 14.4. The second-order valence-corrected chi connectivity index (χ2v) is 8.55. The molecule has 2 heterocycles. The van der Waals surface area contributed by atoms with Crippen molar-refractivity contribution in [1.82, 2.24) is 9.13 Å². The van der Waals surface area contributed by atoms with Crippen LogP contribution >= 0.6 is 0 Å². The molecule has 0 radical (unpaired) electrons. The first kappa shape index (κ1) is 17.5. The number of sulfonamides is 1. The quantitative estimate of drug-likeness (QED) is 0.624.